The zero-order chi connectivity index (χ0) is 18.6. The molecule has 0 aliphatic carbocycles. The van der Waals surface area contributed by atoms with Crippen molar-refractivity contribution in [2.75, 3.05) is 6.54 Å². The number of allylic oxidation sites excluding steroid dienone is 1. The molecule has 1 amide bonds. The maximum atomic E-state index is 12.3. The van der Waals surface area contributed by atoms with Gasteiger partial charge in [0.1, 0.15) is 11.5 Å². The van der Waals surface area contributed by atoms with Crippen molar-refractivity contribution in [3.63, 3.8) is 0 Å². The molecular formula is C19H16F3NO3. The van der Waals surface area contributed by atoms with Crippen LogP contribution < -0.4 is 9.47 Å². The number of benzene rings is 2. The van der Waals surface area contributed by atoms with Crippen LogP contribution in [0.4, 0.5) is 18.0 Å². The fraction of sp³-hybridized carbons (Fsp3) is 0.211. The smallest absolute Gasteiger partial charge is 0.410 e. The molecule has 2 aromatic rings. The van der Waals surface area contributed by atoms with Crippen molar-refractivity contribution in [1.29, 1.82) is 0 Å². The lowest BCUT2D eigenvalue weighted by molar-refractivity contribution is -0.274. The number of halogens is 3. The lowest BCUT2D eigenvalue weighted by Gasteiger charge is -2.27. The third-order valence-corrected chi connectivity index (χ3v) is 3.89. The third kappa shape index (κ3) is 4.78. The summed E-state index contributed by atoms with van der Waals surface area (Å²) in [6.45, 7) is 0.377. The van der Waals surface area contributed by atoms with Crippen LogP contribution in [-0.2, 0) is 0 Å². The average Bonchev–Trinajstić information content (AvgIpc) is 2.62. The molecule has 0 bridgehead atoms. The van der Waals surface area contributed by atoms with Crippen LogP contribution in [0.15, 0.2) is 66.9 Å². The molecule has 1 atom stereocenters. The molecule has 0 fully saturated rings. The first-order valence-corrected chi connectivity index (χ1v) is 7.96. The molecule has 0 N–H and O–H groups in total. The van der Waals surface area contributed by atoms with Crippen molar-refractivity contribution in [2.24, 2.45) is 0 Å². The van der Waals surface area contributed by atoms with E-state index in [9.17, 15) is 18.0 Å². The monoisotopic (exact) mass is 363 g/mol. The summed E-state index contributed by atoms with van der Waals surface area (Å²) in [5.74, 6) is 0.137. The Balaban J connectivity index is 1.64. The van der Waals surface area contributed by atoms with Crippen LogP contribution in [0.1, 0.15) is 17.9 Å². The van der Waals surface area contributed by atoms with E-state index in [1.165, 1.54) is 17.0 Å². The minimum atomic E-state index is -4.72. The van der Waals surface area contributed by atoms with Gasteiger partial charge in [-0.15, -0.1) is 13.2 Å². The van der Waals surface area contributed by atoms with E-state index in [1.54, 1.807) is 42.6 Å². The van der Waals surface area contributed by atoms with Gasteiger partial charge in [0.25, 0.3) is 0 Å². The molecular weight excluding hydrogens is 347 g/mol. The van der Waals surface area contributed by atoms with Gasteiger partial charge in [-0.2, -0.15) is 0 Å². The Morgan fingerprint density at radius 2 is 1.69 bits per heavy atom. The van der Waals surface area contributed by atoms with Gasteiger partial charge in [-0.25, -0.2) is 4.79 Å². The highest BCUT2D eigenvalue weighted by atomic mass is 19.4. The average molecular weight is 363 g/mol. The Labute approximate surface area is 148 Å². The summed E-state index contributed by atoms with van der Waals surface area (Å²) < 4.78 is 45.9. The number of amides is 1. The van der Waals surface area contributed by atoms with E-state index in [2.05, 4.69) is 4.74 Å². The van der Waals surface area contributed by atoms with Crippen molar-refractivity contribution >= 4 is 6.09 Å². The zero-order valence-electron chi connectivity index (χ0n) is 13.6. The number of carbonyl (C=O) groups is 1. The van der Waals surface area contributed by atoms with E-state index in [4.69, 9.17) is 4.74 Å². The summed E-state index contributed by atoms with van der Waals surface area (Å²) in [7, 11) is 0. The van der Waals surface area contributed by atoms with Gasteiger partial charge in [-0.3, -0.25) is 4.90 Å². The third-order valence-electron chi connectivity index (χ3n) is 3.89. The Morgan fingerprint density at radius 1 is 1.00 bits per heavy atom. The number of rotatable bonds is 3. The van der Waals surface area contributed by atoms with E-state index in [0.29, 0.717) is 18.7 Å². The molecule has 1 aliphatic heterocycles. The van der Waals surface area contributed by atoms with Crippen molar-refractivity contribution in [1.82, 2.24) is 4.90 Å². The Bertz CT molecular complexity index is 773. The minimum Gasteiger partial charge on any atom is -0.410 e. The first kappa shape index (κ1) is 17.8. The second-order valence-corrected chi connectivity index (χ2v) is 5.77. The highest BCUT2D eigenvalue weighted by Gasteiger charge is 2.31. The summed E-state index contributed by atoms with van der Waals surface area (Å²) in [5.41, 5.74) is 0.821. The highest BCUT2D eigenvalue weighted by Crippen LogP contribution is 2.29. The van der Waals surface area contributed by atoms with Gasteiger partial charge in [0.15, 0.2) is 0 Å². The number of hydrogen-bond acceptors (Lipinski definition) is 3. The predicted octanol–water partition coefficient (Wildman–Crippen LogP) is 5.09. The van der Waals surface area contributed by atoms with Crippen molar-refractivity contribution in [3.05, 3.63) is 72.4 Å². The molecule has 0 unspecified atom stereocenters. The molecule has 0 saturated carbocycles. The van der Waals surface area contributed by atoms with E-state index in [-0.39, 0.29) is 11.7 Å². The predicted molar refractivity (Wildman–Crippen MR) is 88.8 cm³/mol. The molecule has 7 heteroatoms. The largest absolute Gasteiger partial charge is 0.573 e. The zero-order valence-corrected chi connectivity index (χ0v) is 13.6. The molecule has 3 rings (SSSR count). The fourth-order valence-electron chi connectivity index (χ4n) is 2.69. The summed E-state index contributed by atoms with van der Waals surface area (Å²) in [6.07, 6.45) is -1.06. The number of nitrogens with zero attached hydrogens (tertiary/aromatic N) is 1. The number of alkyl halides is 3. The maximum Gasteiger partial charge on any atom is 0.573 e. The van der Waals surface area contributed by atoms with Crippen LogP contribution in [-0.4, -0.2) is 23.9 Å². The molecule has 1 heterocycles. The molecule has 26 heavy (non-hydrogen) atoms. The normalized spacial score (nSPS) is 17.0. The Kier molecular flexibility index (Phi) is 5.16. The molecule has 0 spiro atoms. The summed E-state index contributed by atoms with van der Waals surface area (Å²) in [5, 5.41) is 0. The Morgan fingerprint density at radius 3 is 2.35 bits per heavy atom. The molecule has 0 radical (unpaired) electrons. The van der Waals surface area contributed by atoms with E-state index < -0.39 is 12.5 Å². The van der Waals surface area contributed by atoms with E-state index in [1.807, 2.05) is 12.1 Å². The van der Waals surface area contributed by atoms with Gasteiger partial charge in [-0.1, -0.05) is 36.4 Å². The maximum absolute atomic E-state index is 12.3. The fourth-order valence-corrected chi connectivity index (χ4v) is 2.69. The topological polar surface area (TPSA) is 38.8 Å². The molecule has 0 aromatic heterocycles. The first-order chi connectivity index (χ1) is 12.4. The van der Waals surface area contributed by atoms with Crippen molar-refractivity contribution in [2.45, 2.75) is 18.7 Å². The van der Waals surface area contributed by atoms with Crippen LogP contribution in [0.3, 0.4) is 0 Å². The van der Waals surface area contributed by atoms with Gasteiger partial charge in [-0.05, 0) is 36.2 Å². The van der Waals surface area contributed by atoms with Gasteiger partial charge >= 0.3 is 12.5 Å². The van der Waals surface area contributed by atoms with Crippen LogP contribution in [0.25, 0.3) is 0 Å². The van der Waals surface area contributed by atoms with Gasteiger partial charge < -0.3 is 9.47 Å². The number of carbonyl (C=O) groups excluding carboxylic acids is 1. The van der Waals surface area contributed by atoms with Crippen molar-refractivity contribution < 1.29 is 27.4 Å². The summed E-state index contributed by atoms with van der Waals surface area (Å²) in [6, 6.07) is 14.4. The molecule has 1 aliphatic rings. The van der Waals surface area contributed by atoms with Crippen LogP contribution in [0.5, 0.6) is 11.5 Å². The van der Waals surface area contributed by atoms with E-state index >= 15 is 0 Å². The standard InChI is InChI=1S/C19H16F3NO3/c20-19(21,22)26-17-10-8-14(9-11-17)15-5-4-12-23(13-15)18(24)25-16-6-2-1-3-7-16/h1-4,6-12,15H,5,13H2/t15-/m1/s1. The lowest BCUT2D eigenvalue weighted by atomic mass is 9.93. The van der Waals surface area contributed by atoms with Crippen LogP contribution in [0.2, 0.25) is 0 Å². The SMILES string of the molecule is O=C(Oc1ccccc1)N1C=CC[C@@H](c2ccc(OC(F)(F)F)cc2)C1. The lowest BCUT2D eigenvalue weighted by Crippen LogP contribution is -2.34. The second-order valence-electron chi connectivity index (χ2n) is 5.77. The number of para-hydroxylation sites is 1. The second kappa shape index (κ2) is 7.51. The van der Waals surface area contributed by atoms with Gasteiger partial charge in [0.05, 0.1) is 0 Å². The van der Waals surface area contributed by atoms with Crippen LogP contribution in [0, 0.1) is 0 Å². The van der Waals surface area contributed by atoms with E-state index in [0.717, 1.165) is 5.56 Å². The number of ether oxygens (including phenoxy) is 2. The molecule has 0 saturated heterocycles. The van der Waals surface area contributed by atoms with Crippen molar-refractivity contribution in [3.8, 4) is 11.5 Å². The van der Waals surface area contributed by atoms with Gasteiger partial charge in [0, 0.05) is 18.7 Å². The first-order valence-electron chi connectivity index (χ1n) is 7.96. The quantitative estimate of drug-likeness (QED) is 0.763. The molecule has 2 aromatic carbocycles. The molecule has 4 nitrogen and oxygen atoms in total. The number of hydrogen-bond donors (Lipinski definition) is 0. The van der Waals surface area contributed by atoms with Gasteiger partial charge in [0.2, 0.25) is 0 Å². The molecule has 136 valence electrons. The van der Waals surface area contributed by atoms with Crippen LogP contribution >= 0.6 is 0 Å². The summed E-state index contributed by atoms with van der Waals surface area (Å²) in [4.78, 5) is 13.7. The Hall–Kier alpha value is -2.96. The summed E-state index contributed by atoms with van der Waals surface area (Å²) >= 11 is 0. The highest BCUT2D eigenvalue weighted by molar-refractivity contribution is 5.72. The minimum absolute atomic E-state index is 0.0386.